The van der Waals surface area contributed by atoms with E-state index in [1.807, 2.05) is 72.8 Å². The Morgan fingerprint density at radius 3 is 1.77 bits per heavy atom. The minimum atomic E-state index is -0.715. The van der Waals surface area contributed by atoms with Crippen LogP contribution in [-0.4, -0.2) is 0 Å². The zero-order valence-electron chi connectivity index (χ0n) is 35.4. The highest BCUT2D eigenvalue weighted by Gasteiger charge is 2.20. The Labute approximate surface area is 267 Å². The SMILES string of the molecule is [2H]c1c([2H])c([2H])c(-c2c3c([2H])c([2H])c([2H])c([2H])c3c(-c3cc(-c4cccc5oc6ccccc6c45)cc4ccccc34)c3c([2H])c([2H])c([2H])c([2H])c23)c([2H])c1[2H]. The zero-order valence-corrected chi connectivity index (χ0v) is 22.4. The van der Waals surface area contributed by atoms with E-state index < -0.39 is 84.1 Å². The predicted octanol–water partition coefficient (Wildman–Crippen LogP) is 12.0. The second-order valence-electron chi connectivity index (χ2n) is 10.3. The summed E-state index contributed by atoms with van der Waals surface area (Å²) < 4.78 is 122. The molecule has 1 aromatic heterocycles. The molecule has 1 heteroatoms. The molecule has 0 bridgehead atoms. The van der Waals surface area contributed by atoms with Crippen molar-refractivity contribution in [1.82, 2.24) is 0 Å². The van der Waals surface area contributed by atoms with Gasteiger partial charge >= 0.3 is 0 Å². The topological polar surface area (TPSA) is 13.1 Å². The number of hydrogen-bond donors (Lipinski definition) is 0. The summed E-state index contributed by atoms with van der Waals surface area (Å²) in [4.78, 5) is 0. The summed E-state index contributed by atoms with van der Waals surface area (Å²) in [5.74, 6) is 0. The lowest BCUT2D eigenvalue weighted by molar-refractivity contribution is 0.669. The Balaban J connectivity index is 1.58. The van der Waals surface area contributed by atoms with Gasteiger partial charge in [-0.1, -0.05) is 133 Å². The lowest BCUT2D eigenvalue weighted by Crippen LogP contribution is -1.92. The van der Waals surface area contributed by atoms with Gasteiger partial charge in [-0.2, -0.15) is 0 Å². The average molecular weight is 560 g/mol. The lowest BCUT2D eigenvalue weighted by Gasteiger charge is -2.19. The maximum absolute atomic E-state index is 9.41. The fraction of sp³-hybridized carbons (Fsp3) is 0. The summed E-state index contributed by atoms with van der Waals surface area (Å²) >= 11 is 0. The van der Waals surface area contributed by atoms with Crippen molar-refractivity contribution in [3.8, 4) is 33.4 Å². The quantitative estimate of drug-likeness (QED) is 0.196. The molecule has 1 heterocycles. The summed E-state index contributed by atoms with van der Waals surface area (Å²) in [6.07, 6.45) is 0. The van der Waals surface area contributed by atoms with E-state index in [9.17, 15) is 5.48 Å². The van der Waals surface area contributed by atoms with Gasteiger partial charge in [0.25, 0.3) is 0 Å². The van der Waals surface area contributed by atoms with Crippen LogP contribution in [0.25, 0.3) is 87.6 Å². The van der Waals surface area contributed by atoms with Crippen molar-refractivity contribution in [2.45, 2.75) is 0 Å². The fourth-order valence-corrected chi connectivity index (χ4v) is 6.21. The monoisotopic (exact) mass is 559 g/mol. The van der Waals surface area contributed by atoms with Crippen molar-refractivity contribution in [2.75, 3.05) is 0 Å². The first-order chi connectivity index (χ1) is 26.7. The van der Waals surface area contributed by atoms with Crippen LogP contribution >= 0.6 is 0 Å². The summed E-state index contributed by atoms with van der Waals surface area (Å²) in [5, 5.41) is 2.27. The molecule has 0 aliphatic heterocycles. The molecular weight excluding hydrogens is 520 g/mol. The lowest BCUT2D eigenvalue weighted by atomic mass is 9.83. The number of benzene rings is 8. The highest BCUT2D eigenvalue weighted by Crippen LogP contribution is 2.47. The van der Waals surface area contributed by atoms with Crippen molar-refractivity contribution in [1.29, 1.82) is 0 Å². The molecule has 1 nitrogen and oxygen atoms in total. The molecule has 0 saturated carbocycles. The molecule has 8 aromatic carbocycles. The molecule has 0 atom stereocenters. The van der Waals surface area contributed by atoms with Crippen molar-refractivity contribution < 1.29 is 22.2 Å². The number of rotatable bonds is 3. The third kappa shape index (κ3) is 3.65. The third-order valence-electron chi connectivity index (χ3n) is 7.97. The second-order valence-corrected chi connectivity index (χ2v) is 10.3. The Kier molecular flexibility index (Phi) is 3.18. The van der Waals surface area contributed by atoms with Crippen molar-refractivity contribution >= 4 is 54.3 Å². The van der Waals surface area contributed by atoms with Gasteiger partial charge < -0.3 is 4.42 Å². The van der Waals surface area contributed by atoms with E-state index in [-0.39, 0.29) is 32.7 Å². The van der Waals surface area contributed by atoms with E-state index in [1.54, 1.807) is 6.07 Å². The van der Waals surface area contributed by atoms with Gasteiger partial charge in [-0.15, -0.1) is 0 Å². The third-order valence-corrected chi connectivity index (χ3v) is 7.97. The van der Waals surface area contributed by atoms with Crippen LogP contribution < -0.4 is 0 Å². The van der Waals surface area contributed by atoms with Gasteiger partial charge in [0.1, 0.15) is 11.2 Å². The molecule has 9 aromatic rings. The molecule has 0 aliphatic rings. The number of furan rings is 1. The van der Waals surface area contributed by atoms with Crippen molar-refractivity contribution in [2.24, 2.45) is 0 Å². The molecule has 0 unspecified atom stereocenters. The van der Waals surface area contributed by atoms with Gasteiger partial charge in [-0.25, -0.2) is 0 Å². The average Bonchev–Trinajstić information content (AvgIpc) is 3.60. The second kappa shape index (κ2) is 9.44. The number of hydrogen-bond acceptors (Lipinski definition) is 1. The largest absolute Gasteiger partial charge is 0.456 e. The van der Waals surface area contributed by atoms with Crippen LogP contribution in [0, 0.1) is 0 Å². The van der Waals surface area contributed by atoms with Crippen LogP contribution in [0.15, 0.2) is 162 Å². The number of fused-ring (bicyclic) bond motifs is 6. The Morgan fingerprint density at radius 2 is 1.02 bits per heavy atom. The minimum Gasteiger partial charge on any atom is -0.456 e. The van der Waals surface area contributed by atoms with E-state index in [0.29, 0.717) is 27.7 Å². The van der Waals surface area contributed by atoms with Crippen LogP contribution in [0.4, 0.5) is 0 Å². The Bertz CT molecular complexity index is 3130. The van der Waals surface area contributed by atoms with Crippen molar-refractivity contribution in [3.05, 3.63) is 157 Å². The molecule has 0 saturated heterocycles. The van der Waals surface area contributed by atoms with E-state index >= 15 is 0 Å². The van der Waals surface area contributed by atoms with E-state index in [4.69, 9.17) is 16.8 Å². The molecule has 0 aliphatic carbocycles. The summed E-state index contributed by atoms with van der Waals surface area (Å²) in [5.41, 5.74) is 2.49. The Morgan fingerprint density at radius 1 is 0.419 bits per heavy atom. The van der Waals surface area contributed by atoms with E-state index in [2.05, 4.69) is 0 Å². The van der Waals surface area contributed by atoms with E-state index in [0.717, 1.165) is 21.7 Å². The molecule has 200 valence electrons. The van der Waals surface area contributed by atoms with Crippen LogP contribution in [0.1, 0.15) is 17.8 Å². The first-order valence-corrected chi connectivity index (χ1v) is 13.7. The highest BCUT2D eigenvalue weighted by molar-refractivity contribution is 6.24. The molecule has 0 spiro atoms. The standard InChI is InChI=1S/C42H26O/c1-2-13-27(14-3-1)40-32-17-6-8-19-34(32)41(35-20-9-7-18-33(35)40)37-26-29(25-28-15-4-5-16-30(28)37)31-22-12-24-39-42(31)36-21-10-11-23-38(36)43-39/h1-26H/i1D,2D,3D,6D,7D,8D,9D,13D,14D,17D,18D,19D,20D. The molecule has 0 fully saturated rings. The van der Waals surface area contributed by atoms with Gasteiger partial charge in [-0.05, 0) is 90.0 Å². The van der Waals surface area contributed by atoms with Crippen LogP contribution in [0.5, 0.6) is 0 Å². The van der Waals surface area contributed by atoms with Crippen LogP contribution in [-0.2, 0) is 0 Å². The maximum atomic E-state index is 9.41. The number of para-hydroxylation sites is 1. The molecule has 0 amide bonds. The molecule has 0 radical (unpaired) electrons. The summed E-state index contributed by atoms with van der Waals surface area (Å²) in [7, 11) is 0. The van der Waals surface area contributed by atoms with E-state index in [1.165, 1.54) is 0 Å². The first kappa shape index (κ1) is 14.5. The molecule has 43 heavy (non-hydrogen) atoms. The maximum Gasteiger partial charge on any atom is 0.136 e. The fourth-order valence-electron chi connectivity index (χ4n) is 6.21. The van der Waals surface area contributed by atoms with Gasteiger partial charge in [0.05, 0.1) is 17.8 Å². The molecule has 9 rings (SSSR count). The summed E-state index contributed by atoms with van der Waals surface area (Å²) in [6.45, 7) is 0. The smallest absolute Gasteiger partial charge is 0.136 e. The predicted molar refractivity (Wildman–Crippen MR) is 183 cm³/mol. The zero-order chi connectivity index (χ0) is 39.6. The summed E-state index contributed by atoms with van der Waals surface area (Å²) in [6, 6.07) is 16.1. The van der Waals surface area contributed by atoms with Gasteiger partial charge in [0, 0.05) is 10.8 Å². The first-order valence-electron chi connectivity index (χ1n) is 20.2. The van der Waals surface area contributed by atoms with Gasteiger partial charge in [0.15, 0.2) is 0 Å². The Hall–Kier alpha value is -5.66. The molecule has 0 N–H and O–H groups in total. The van der Waals surface area contributed by atoms with Crippen LogP contribution in [0.2, 0.25) is 0 Å². The van der Waals surface area contributed by atoms with Crippen molar-refractivity contribution in [3.63, 3.8) is 0 Å². The van der Waals surface area contributed by atoms with Gasteiger partial charge in [0.2, 0.25) is 0 Å². The van der Waals surface area contributed by atoms with Gasteiger partial charge in [-0.3, -0.25) is 0 Å². The highest BCUT2D eigenvalue weighted by atomic mass is 16.3. The normalized spacial score (nSPS) is 16.0. The van der Waals surface area contributed by atoms with Crippen LogP contribution in [0.3, 0.4) is 0 Å². The molecular formula is C42H26O. The minimum absolute atomic E-state index is 0.0763.